The summed E-state index contributed by atoms with van der Waals surface area (Å²) < 4.78 is 5.44. The van der Waals surface area contributed by atoms with E-state index in [9.17, 15) is 4.79 Å². The van der Waals surface area contributed by atoms with Gasteiger partial charge in [-0.15, -0.1) is 0 Å². The van der Waals surface area contributed by atoms with E-state index in [1.807, 2.05) is 0 Å². The van der Waals surface area contributed by atoms with Crippen LogP contribution < -0.4 is 4.74 Å². The number of rotatable bonds is 2. The first-order valence-corrected chi connectivity index (χ1v) is 9.32. The Hall–Kier alpha value is -1.31. The molecule has 0 N–H and O–H groups in total. The van der Waals surface area contributed by atoms with Crippen LogP contribution in [-0.4, -0.2) is 12.9 Å². The van der Waals surface area contributed by atoms with Crippen LogP contribution in [0.5, 0.6) is 5.75 Å². The number of ether oxygens (including phenoxy) is 1. The maximum absolute atomic E-state index is 12.6. The molecule has 0 aromatic heterocycles. The smallest absolute Gasteiger partial charge is 0.139 e. The maximum atomic E-state index is 12.6. The van der Waals surface area contributed by atoms with Crippen LogP contribution in [0.2, 0.25) is 0 Å². The first-order chi connectivity index (χ1) is 11.1. The fraction of sp³-hybridized carbons (Fsp3) is 0.667. The van der Waals surface area contributed by atoms with E-state index >= 15 is 0 Å². The third kappa shape index (κ3) is 2.03. The van der Waals surface area contributed by atoms with Crippen LogP contribution >= 0.6 is 0 Å². The molecular formula is C21H28O2. The van der Waals surface area contributed by atoms with Gasteiger partial charge in [-0.05, 0) is 79.0 Å². The van der Waals surface area contributed by atoms with Gasteiger partial charge in [-0.2, -0.15) is 0 Å². The number of Topliss-reactive ketones (excluding diaryl/α,β-unsaturated/α-hetero) is 1. The summed E-state index contributed by atoms with van der Waals surface area (Å²) in [5.41, 5.74) is 3.04. The Morgan fingerprint density at radius 1 is 1.26 bits per heavy atom. The molecule has 1 aromatic rings. The highest BCUT2D eigenvalue weighted by Crippen LogP contribution is 2.62. The van der Waals surface area contributed by atoms with Crippen molar-refractivity contribution < 1.29 is 9.53 Å². The second-order valence-corrected chi connectivity index (χ2v) is 8.02. The quantitative estimate of drug-likeness (QED) is 0.762. The topological polar surface area (TPSA) is 26.3 Å². The largest absolute Gasteiger partial charge is 0.497 e. The second-order valence-electron chi connectivity index (χ2n) is 8.02. The van der Waals surface area contributed by atoms with Crippen LogP contribution in [-0.2, 0) is 4.79 Å². The summed E-state index contributed by atoms with van der Waals surface area (Å²) in [7, 11) is 1.75. The van der Waals surface area contributed by atoms with Gasteiger partial charge in [0.1, 0.15) is 11.5 Å². The van der Waals surface area contributed by atoms with Gasteiger partial charge in [-0.1, -0.05) is 19.9 Å². The van der Waals surface area contributed by atoms with Crippen molar-refractivity contribution in [2.75, 3.05) is 7.11 Å². The molecule has 0 aliphatic heterocycles. The summed E-state index contributed by atoms with van der Waals surface area (Å²) in [5.74, 6) is 4.09. The van der Waals surface area contributed by atoms with Gasteiger partial charge in [0.15, 0.2) is 0 Å². The Kier molecular flexibility index (Phi) is 3.55. The number of carbonyl (C=O) groups excluding carboxylic acids is 1. The molecule has 1 aromatic carbocycles. The molecular weight excluding hydrogens is 284 g/mol. The van der Waals surface area contributed by atoms with E-state index in [0.717, 1.165) is 31.4 Å². The fourth-order valence-electron chi connectivity index (χ4n) is 6.21. The number of fused-ring (bicyclic) bond motifs is 5. The van der Waals surface area contributed by atoms with Crippen molar-refractivity contribution in [3.05, 3.63) is 29.3 Å². The van der Waals surface area contributed by atoms with Gasteiger partial charge < -0.3 is 4.74 Å². The van der Waals surface area contributed by atoms with Gasteiger partial charge >= 0.3 is 0 Å². The first-order valence-electron chi connectivity index (χ1n) is 9.32. The molecule has 0 saturated heterocycles. The molecule has 1 unspecified atom stereocenters. The molecule has 2 nitrogen and oxygen atoms in total. The van der Waals surface area contributed by atoms with Crippen molar-refractivity contribution in [3.8, 4) is 5.75 Å². The normalized spacial score (nSPS) is 38.7. The average molecular weight is 312 g/mol. The SMILES string of the molecule is CC[C@]12CC[C@@H]3c4ccc(OC)cc4C(C)C[C@H]3[C@@H]1CCC2=O. The van der Waals surface area contributed by atoms with Crippen molar-refractivity contribution in [2.45, 2.75) is 64.2 Å². The summed E-state index contributed by atoms with van der Waals surface area (Å²) in [5, 5.41) is 0. The molecule has 0 spiro atoms. The number of methoxy groups -OCH3 is 1. The molecule has 5 atom stereocenters. The highest BCUT2D eigenvalue weighted by atomic mass is 16.5. The lowest BCUT2D eigenvalue weighted by molar-refractivity contribution is -0.131. The number of ketones is 1. The van der Waals surface area contributed by atoms with Gasteiger partial charge in [0, 0.05) is 11.8 Å². The summed E-state index contributed by atoms with van der Waals surface area (Å²) in [6.45, 7) is 4.59. The van der Waals surface area contributed by atoms with E-state index in [4.69, 9.17) is 4.74 Å². The highest BCUT2D eigenvalue weighted by molar-refractivity contribution is 5.87. The van der Waals surface area contributed by atoms with E-state index in [-0.39, 0.29) is 5.41 Å². The van der Waals surface area contributed by atoms with Crippen molar-refractivity contribution >= 4 is 5.78 Å². The molecule has 0 bridgehead atoms. The molecule has 2 saturated carbocycles. The Balaban J connectivity index is 1.74. The Labute approximate surface area is 139 Å². The van der Waals surface area contributed by atoms with Crippen molar-refractivity contribution in [1.82, 2.24) is 0 Å². The molecule has 0 amide bonds. The average Bonchev–Trinajstić information content (AvgIpc) is 2.92. The van der Waals surface area contributed by atoms with E-state index < -0.39 is 0 Å². The first kappa shape index (κ1) is 15.2. The lowest BCUT2D eigenvalue weighted by Crippen LogP contribution is -2.44. The van der Waals surface area contributed by atoms with Crippen LogP contribution in [0.1, 0.15) is 75.3 Å². The van der Waals surface area contributed by atoms with Crippen molar-refractivity contribution in [1.29, 1.82) is 0 Å². The minimum absolute atomic E-state index is 0.0187. The minimum atomic E-state index is 0.0187. The van der Waals surface area contributed by atoms with Gasteiger partial charge in [0.2, 0.25) is 0 Å². The van der Waals surface area contributed by atoms with Gasteiger partial charge in [0.25, 0.3) is 0 Å². The third-order valence-corrected chi connectivity index (χ3v) is 7.36. The second kappa shape index (κ2) is 5.36. The molecule has 3 aliphatic rings. The lowest BCUT2D eigenvalue weighted by Gasteiger charge is -2.50. The lowest BCUT2D eigenvalue weighted by atomic mass is 9.53. The zero-order valence-electron chi connectivity index (χ0n) is 14.6. The van der Waals surface area contributed by atoms with Crippen LogP contribution in [0.25, 0.3) is 0 Å². The summed E-state index contributed by atoms with van der Waals surface area (Å²) in [4.78, 5) is 12.6. The molecule has 124 valence electrons. The maximum Gasteiger partial charge on any atom is 0.139 e. The highest BCUT2D eigenvalue weighted by Gasteiger charge is 2.56. The van der Waals surface area contributed by atoms with Crippen LogP contribution in [0.3, 0.4) is 0 Å². The predicted molar refractivity (Wildman–Crippen MR) is 91.9 cm³/mol. The molecule has 0 radical (unpaired) electrons. The van der Waals surface area contributed by atoms with E-state index in [2.05, 4.69) is 32.0 Å². The number of benzene rings is 1. The number of hydrogen-bond acceptors (Lipinski definition) is 2. The van der Waals surface area contributed by atoms with Crippen molar-refractivity contribution in [3.63, 3.8) is 0 Å². The van der Waals surface area contributed by atoms with Crippen LogP contribution in [0.15, 0.2) is 18.2 Å². The minimum Gasteiger partial charge on any atom is -0.497 e. The van der Waals surface area contributed by atoms with Crippen molar-refractivity contribution in [2.24, 2.45) is 17.3 Å². The summed E-state index contributed by atoms with van der Waals surface area (Å²) in [6, 6.07) is 6.67. The molecule has 2 heteroatoms. The van der Waals surface area contributed by atoms with Crippen LogP contribution in [0.4, 0.5) is 0 Å². The Morgan fingerprint density at radius 3 is 2.83 bits per heavy atom. The number of hydrogen-bond donors (Lipinski definition) is 0. The molecule has 2 fully saturated rings. The third-order valence-electron chi connectivity index (χ3n) is 7.36. The number of carbonyl (C=O) groups is 1. The molecule has 3 aliphatic carbocycles. The van der Waals surface area contributed by atoms with Crippen LogP contribution in [0, 0.1) is 17.3 Å². The molecule has 4 rings (SSSR count). The Morgan fingerprint density at radius 2 is 2.09 bits per heavy atom. The monoisotopic (exact) mass is 312 g/mol. The van der Waals surface area contributed by atoms with E-state index in [1.165, 1.54) is 18.4 Å². The Bertz CT molecular complexity index is 635. The molecule has 0 heterocycles. The van der Waals surface area contributed by atoms with Gasteiger partial charge in [-0.3, -0.25) is 4.79 Å². The zero-order chi connectivity index (χ0) is 16.2. The zero-order valence-corrected chi connectivity index (χ0v) is 14.6. The van der Waals surface area contributed by atoms with Gasteiger partial charge in [-0.25, -0.2) is 0 Å². The van der Waals surface area contributed by atoms with Gasteiger partial charge in [0.05, 0.1) is 7.11 Å². The summed E-state index contributed by atoms with van der Waals surface area (Å²) >= 11 is 0. The van der Waals surface area contributed by atoms with E-state index in [0.29, 0.717) is 29.5 Å². The summed E-state index contributed by atoms with van der Waals surface area (Å²) in [6.07, 6.45) is 6.53. The van der Waals surface area contributed by atoms with E-state index in [1.54, 1.807) is 12.7 Å². The predicted octanol–water partition coefficient (Wildman–Crippen LogP) is 5.07. The standard InChI is InChI=1S/C21H28O2/c1-4-21-10-9-16-15-6-5-14(23-3)12-17(15)13(2)11-18(16)19(21)7-8-20(21)22/h5-6,12-13,16,18-19H,4,7-11H2,1-3H3/t13?,16-,18-,19+,21+/m1/s1. The molecule has 23 heavy (non-hydrogen) atoms. The fourth-order valence-corrected chi connectivity index (χ4v) is 6.21.